The highest BCUT2D eigenvalue weighted by Crippen LogP contribution is 2.20. The van der Waals surface area contributed by atoms with E-state index in [1.165, 1.54) is 16.8 Å². The first-order valence-corrected chi connectivity index (χ1v) is 10.8. The van der Waals surface area contributed by atoms with Crippen molar-refractivity contribution in [3.05, 3.63) is 71.6 Å². The summed E-state index contributed by atoms with van der Waals surface area (Å²) in [5, 5.41) is 9.59. The number of benzene rings is 2. The zero-order chi connectivity index (χ0) is 21.0. The second-order valence-electron chi connectivity index (χ2n) is 6.91. The van der Waals surface area contributed by atoms with Crippen molar-refractivity contribution in [2.75, 3.05) is 13.6 Å². The van der Waals surface area contributed by atoms with Gasteiger partial charge in [-0.1, -0.05) is 37.3 Å². The SMILES string of the molecule is CCCN(C)Cc1nc(Cc2ccccc2)n(-c2ccc(S(N)(=O)=O)cc2F)n1. The first-order valence-electron chi connectivity index (χ1n) is 9.28. The van der Waals surface area contributed by atoms with Crippen LogP contribution in [0.15, 0.2) is 53.4 Å². The molecule has 0 aliphatic rings. The maximum atomic E-state index is 14.8. The van der Waals surface area contributed by atoms with E-state index in [9.17, 15) is 12.8 Å². The van der Waals surface area contributed by atoms with E-state index in [1.54, 1.807) is 0 Å². The molecule has 9 heteroatoms. The van der Waals surface area contributed by atoms with Gasteiger partial charge >= 0.3 is 0 Å². The van der Waals surface area contributed by atoms with Crippen molar-refractivity contribution < 1.29 is 12.8 Å². The molecule has 0 atom stereocenters. The fraction of sp³-hybridized carbons (Fsp3) is 0.300. The van der Waals surface area contributed by atoms with E-state index in [0.717, 1.165) is 24.6 Å². The molecule has 3 rings (SSSR count). The largest absolute Gasteiger partial charge is 0.299 e. The summed E-state index contributed by atoms with van der Waals surface area (Å²) in [6.45, 7) is 3.51. The Kier molecular flexibility index (Phi) is 6.41. The first kappa shape index (κ1) is 21.1. The van der Waals surface area contributed by atoms with Crippen LogP contribution in [0, 0.1) is 5.82 Å². The van der Waals surface area contributed by atoms with Crippen LogP contribution in [0.2, 0.25) is 0 Å². The van der Waals surface area contributed by atoms with Crippen LogP contribution in [0.3, 0.4) is 0 Å². The molecule has 0 saturated heterocycles. The zero-order valence-corrected chi connectivity index (χ0v) is 17.2. The van der Waals surface area contributed by atoms with Crippen molar-refractivity contribution in [3.8, 4) is 5.69 Å². The highest BCUT2D eigenvalue weighted by atomic mass is 32.2. The van der Waals surface area contributed by atoms with Gasteiger partial charge in [0.05, 0.1) is 11.4 Å². The Labute approximate surface area is 170 Å². The molecule has 0 fully saturated rings. The van der Waals surface area contributed by atoms with Crippen molar-refractivity contribution in [2.45, 2.75) is 31.2 Å². The van der Waals surface area contributed by atoms with E-state index < -0.39 is 15.8 Å². The molecule has 29 heavy (non-hydrogen) atoms. The van der Waals surface area contributed by atoms with Gasteiger partial charge < -0.3 is 0 Å². The van der Waals surface area contributed by atoms with Gasteiger partial charge in [-0.3, -0.25) is 4.90 Å². The molecule has 154 valence electrons. The van der Waals surface area contributed by atoms with Crippen molar-refractivity contribution in [1.29, 1.82) is 0 Å². The molecule has 0 saturated carbocycles. The van der Waals surface area contributed by atoms with Crippen LogP contribution in [0.1, 0.15) is 30.6 Å². The van der Waals surface area contributed by atoms with Gasteiger partial charge in [0, 0.05) is 6.42 Å². The molecule has 0 aliphatic carbocycles. The van der Waals surface area contributed by atoms with Crippen LogP contribution >= 0.6 is 0 Å². The molecule has 1 aromatic heterocycles. The number of sulfonamides is 1. The van der Waals surface area contributed by atoms with Gasteiger partial charge in [0.15, 0.2) is 5.82 Å². The van der Waals surface area contributed by atoms with E-state index >= 15 is 0 Å². The highest BCUT2D eigenvalue weighted by molar-refractivity contribution is 7.89. The third kappa shape index (κ3) is 5.26. The number of aromatic nitrogens is 3. The number of hydrogen-bond donors (Lipinski definition) is 1. The highest BCUT2D eigenvalue weighted by Gasteiger charge is 2.18. The summed E-state index contributed by atoms with van der Waals surface area (Å²) in [6, 6.07) is 13.2. The standard InChI is InChI=1S/C20H24FN5O2S/c1-3-11-25(2)14-19-23-20(12-15-7-5-4-6-8-15)26(24-19)18-10-9-16(13-17(18)21)29(22,27)28/h4-10,13H,3,11-12,14H2,1-2H3,(H2,22,27,28). The minimum Gasteiger partial charge on any atom is -0.299 e. The van der Waals surface area contributed by atoms with Crippen LogP contribution < -0.4 is 5.14 Å². The monoisotopic (exact) mass is 417 g/mol. The van der Waals surface area contributed by atoms with Gasteiger partial charge in [-0.25, -0.2) is 27.6 Å². The lowest BCUT2D eigenvalue weighted by Crippen LogP contribution is -2.19. The zero-order valence-electron chi connectivity index (χ0n) is 16.4. The Hall–Kier alpha value is -2.62. The maximum Gasteiger partial charge on any atom is 0.238 e. The van der Waals surface area contributed by atoms with Crippen LogP contribution in [0.4, 0.5) is 4.39 Å². The molecule has 1 heterocycles. The second-order valence-corrected chi connectivity index (χ2v) is 8.48. The summed E-state index contributed by atoms with van der Waals surface area (Å²) in [7, 11) is -2.02. The lowest BCUT2D eigenvalue weighted by Gasteiger charge is -2.12. The van der Waals surface area contributed by atoms with E-state index in [0.29, 0.717) is 24.6 Å². The summed E-state index contributed by atoms with van der Waals surface area (Å²) in [5.74, 6) is 0.407. The van der Waals surface area contributed by atoms with Gasteiger partial charge in [0.25, 0.3) is 0 Å². The van der Waals surface area contributed by atoms with E-state index in [2.05, 4.69) is 21.9 Å². The number of nitrogens with zero attached hydrogens (tertiary/aromatic N) is 4. The molecule has 2 N–H and O–H groups in total. The smallest absolute Gasteiger partial charge is 0.238 e. The van der Waals surface area contributed by atoms with Crippen molar-refractivity contribution in [3.63, 3.8) is 0 Å². The van der Waals surface area contributed by atoms with E-state index in [4.69, 9.17) is 5.14 Å². The second kappa shape index (κ2) is 8.81. The lowest BCUT2D eigenvalue weighted by molar-refractivity contribution is 0.319. The summed E-state index contributed by atoms with van der Waals surface area (Å²) < 4.78 is 39.2. The van der Waals surface area contributed by atoms with Crippen LogP contribution in [-0.4, -0.2) is 41.7 Å². The molecular formula is C20H24FN5O2S. The Morgan fingerprint density at radius 2 is 1.90 bits per heavy atom. The van der Waals surface area contributed by atoms with Gasteiger partial charge in [-0.15, -0.1) is 5.10 Å². The molecule has 0 unspecified atom stereocenters. The molecule has 0 spiro atoms. The van der Waals surface area contributed by atoms with Crippen molar-refractivity contribution in [2.24, 2.45) is 5.14 Å². The van der Waals surface area contributed by atoms with Gasteiger partial charge in [-0.2, -0.15) is 0 Å². The Morgan fingerprint density at radius 3 is 2.52 bits per heavy atom. The van der Waals surface area contributed by atoms with Gasteiger partial charge in [-0.05, 0) is 43.8 Å². The van der Waals surface area contributed by atoms with Gasteiger partial charge in [0.2, 0.25) is 10.0 Å². The summed E-state index contributed by atoms with van der Waals surface area (Å²) in [5.41, 5.74) is 1.14. The van der Waals surface area contributed by atoms with Crippen LogP contribution in [0.5, 0.6) is 0 Å². The topological polar surface area (TPSA) is 94.1 Å². The third-order valence-electron chi connectivity index (χ3n) is 4.42. The Bertz CT molecular complexity index is 1080. The molecule has 0 aliphatic heterocycles. The number of halogens is 1. The number of rotatable bonds is 8. The average molecular weight is 418 g/mol. The quantitative estimate of drug-likeness (QED) is 0.608. The van der Waals surface area contributed by atoms with Crippen LogP contribution in [0.25, 0.3) is 5.69 Å². The van der Waals surface area contributed by atoms with Crippen LogP contribution in [-0.2, 0) is 23.0 Å². The van der Waals surface area contributed by atoms with Crippen molar-refractivity contribution >= 4 is 10.0 Å². The summed E-state index contributed by atoms with van der Waals surface area (Å²) >= 11 is 0. The molecule has 0 bridgehead atoms. The Morgan fingerprint density at radius 1 is 1.17 bits per heavy atom. The van der Waals surface area contributed by atoms with E-state index in [-0.39, 0.29) is 10.6 Å². The number of primary sulfonamides is 1. The van der Waals surface area contributed by atoms with Gasteiger partial charge in [0.1, 0.15) is 17.3 Å². The Balaban J connectivity index is 2.02. The third-order valence-corrected chi connectivity index (χ3v) is 5.33. The predicted molar refractivity (Wildman–Crippen MR) is 109 cm³/mol. The summed E-state index contributed by atoms with van der Waals surface area (Å²) in [4.78, 5) is 6.42. The molecule has 0 radical (unpaired) electrons. The molecular weight excluding hydrogens is 393 g/mol. The minimum atomic E-state index is -3.99. The minimum absolute atomic E-state index is 0.125. The van der Waals surface area contributed by atoms with Crippen molar-refractivity contribution in [1.82, 2.24) is 19.7 Å². The maximum absolute atomic E-state index is 14.8. The average Bonchev–Trinajstić information content (AvgIpc) is 3.03. The lowest BCUT2D eigenvalue weighted by atomic mass is 10.1. The molecule has 0 amide bonds. The molecule has 3 aromatic rings. The fourth-order valence-corrected chi connectivity index (χ4v) is 3.61. The molecule has 2 aromatic carbocycles. The predicted octanol–water partition coefficient (Wildman–Crippen LogP) is 2.49. The summed E-state index contributed by atoms with van der Waals surface area (Å²) in [6.07, 6.45) is 1.46. The normalized spacial score (nSPS) is 11.9. The fourth-order valence-electron chi connectivity index (χ4n) is 3.08. The number of hydrogen-bond acceptors (Lipinski definition) is 5. The first-order chi connectivity index (χ1) is 13.8. The van der Waals surface area contributed by atoms with E-state index in [1.807, 2.05) is 37.4 Å². The molecule has 7 nitrogen and oxygen atoms in total. The number of nitrogens with two attached hydrogens (primary N) is 1.